The summed E-state index contributed by atoms with van der Waals surface area (Å²) < 4.78 is 7.30. The number of aryl methyl sites for hydroxylation is 2. The minimum Gasteiger partial charge on any atom is -0.494 e. The van der Waals surface area contributed by atoms with Crippen LogP contribution in [-0.4, -0.2) is 28.7 Å². The molecule has 0 saturated heterocycles. The molecule has 0 saturated carbocycles. The van der Waals surface area contributed by atoms with Crippen LogP contribution in [0.1, 0.15) is 28.9 Å². The Bertz CT molecular complexity index is 1120. The second kappa shape index (κ2) is 9.71. The Morgan fingerprint density at radius 3 is 2.61 bits per heavy atom. The van der Waals surface area contributed by atoms with Crippen LogP contribution in [0.15, 0.2) is 59.7 Å². The van der Waals surface area contributed by atoms with E-state index in [1.54, 1.807) is 12.3 Å². The van der Waals surface area contributed by atoms with E-state index in [-0.39, 0.29) is 11.6 Å². The van der Waals surface area contributed by atoms with E-state index < -0.39 is 4.92 Å². The number of aromatic nitrogens is 1. The van der Waals surface area contributed by atoms with Gasteiger partial charge in [-0.15, -0.1) is 0 Å². The number of methoxy groups -OCH3 is 1. The van der Waals surface area contributed by atoms with Crippen molar-refractivity contribution in [1.29, 1.82) is 0 Å². The van der Waals surface area contributed by atoms with Crippen molar-refractivity contribution < 1.29 is 14.5 Å². The number of nitro groups is 1. The number of hydrogen-bond acceptors (Lipinski definition) is 5. The number of nitrogens with one attached hydrogen (secondary N) is 1. The fourth-order valence-electron chi connectivity index (χ4n) is 3.39. The number of nitrogens with zero attached hydrogens (tertiary/aromatic N) is 3. The quantitative estimate of drug-likeness (QED) is 0.337. The second-order valence-electron chi connectivity index (χ2n) is 7.05. The smallest absolute Gasteiger partial charge is 0.273 e. The molecule has 8 heteroatoms. The monoisotopic (exact) mass is 420 g/mol. The summed E-state index contributed by atoms with van der Waals surface area (Å²) in [5.74, 6) is 0.236. The van der Waals surface area contributed by atoms with Crippen molar-refractivity contribution >= 4 is 17.8 Å². The number of hydrazone groups is 1. The van der Waals surface area contributed by atoms with Gasteiger partial charge >= 0.3 is 0 Å². The van der Waals surface area contributed by atoms with Crippen LogP contribution in [0.4, 0.5) is 5.69 Å². The fourth-order valence-corrected chi connectivity index (χ4v) is 3.39. The van der Waals surface area contributed by atoms with Gasteiger partial charge in [-0.3, -0.25) is 14.9 Å². The Morgan fingerprint density at radius 1 is 1.19 bits per heavy atom. The number of non-ortho nitro benzene ring substituents is 1. The molecule has 0 aliphatic rings. The number of carbonyl (C=O) groups is 1. The first-order valence-corrected chi connectivity index (χ1v) is 9.78. The molecule has 2 aromatic carbocycles. The van der Waals surface area contributed by atoms with Crippen molar-refractivity contribution in [3.63, 3.8) is 0 Å². The largest absolute Gasteiger partial charge is 0.494 e. The topological polar surface area (TPSA) is 98.8 Å². The molecule has 0 bridgehead atoms. The summed E-state index contributed by atoms with van der Waals surface area (Å²) in [6, 6.07) is 16.2. The lowest BCUT2D eigenvalue weighted by molar-refractivity contribution is -0.384. The second-order valence-corrected chi connectivity index (χ2v) is 7.05. The molecule has 0 fully saturated rings. The predicted molar refractivity (Wildman–Crippen MR) is 119 cm³/mol. The van der Waals surface area contributed by atoms with Crippen molar-refractivity contribution in [1.82, 2.24) is 9.99 Å². The zero-order valence-electron chi connectivity index (χ0n) is 17.7. The van der Waals surface area contributed by atoms with E-state index in [1.807, 2.05) is 54.8 Å². The highest BCUT2D eigenvalue weighted by atomic mass is 16.6. The Kier molecular flexibility index (Phi) is 6.81. The highest BCUT2D eigenvalue weighted by Gasteiger charge is 2.17. The van der Waals surface area contributed by atoms with Crippen LogP contribution in [0.25, 0.3) is 5.69 Å². The minimum atomic E-state index is -0.458. The molecule has 0 aliphatic carbocycles. The molecule has 0 unspecified atom stereocenters. The first kappa shape index (κ1) is 21.8. The van der Waals surface area contributed by atoms with Gasteiger partial charge < -0.3 is 9.30 Å². The van der Waals surface area contributed by atoms with E-state index in [2.05, 4.69) is 10.5 Å². The normalized spacial score (nSPS) is 10.9. The number of hydrogen-bond donors (Lipinski definition) is 1. The maximum Gasteiger partial charge on any atom is 0.273 e. The van der Waals surface area contributed by atoms with Gasteiger partial charge in [-0.05, 0) is 38.0 Å². The number of nitro benzene ring substituents is 1. The third-order valence-electron chi connectivity index (χ3n) is 4.96. The molecule has 0 radical (unpaired) electrons. The van der Waals surface area contributed by atoms with Crippen molar-refractivity contribution in [3.8, 4) is 11.4 Å². The Labute approximate surface area is 180 Å². The highest BCUT2D eigenvalue weighted by Crippen LogP contribution is 2.31. The highest BCUT2D eigenvalue weighted by molar-refractivity contribution is 5.84. The van der Waals surface area contributed by atoms with E-state index in [0.29, 0.717) is 24.3 Å². The summed E-state index contributed by atoms with van der Waals surface area (Å²) in [6.45, 7) is 3.83. The van der Waals surface area contributed by atoms with E-state index in [1.165, 1.54) is 19.2 Å². The molecule has 1 amide bonds. The van der Waals surface area contributed by atoms with Gasteiger partial charge in [0.15, 0.2) is 0 Å². The molecular weight excluding hydrogens is 396 g/mol. The first-order chi connectivity index (χ1) is 14.9. The van der Waals surface area contributed by atoms with Crippen LogP contribution < -0.4 is 10.2 Å². The minimum absolute atomic E-state index is 0.0388. The maximum atomic E-state index is 12.1. The van der Waals surface area contributed by atoms with Gasteiger partial charge in [0.2, 0.25) is 5.91 Å². The first-order valence-electron chi connectivity index (χ1n) is 9.78. The van der Waals surface area contributed by atoms with Crippen molar-refractivity contribution in [2.45, 2.75) is 26.7 Å². The summed E-state index contributed by atoms with van der Waals surface area (Å²) in [5.41, 5.74) is 6.90. The maximum absolute atomic E-state index is 12.1. The molecule has 3 aromatic rings. The Hall–Kier alpha value is -3.94. The third kappa shape index (κ3) is 5.16. The number of rotatable bonds is 8. The molecule has 160 valence electrons. The molecule has 1 aromatic heterocycles. The van der Waals surface area contributed by atoms with Gasteiger partial charge in [0.05, 0.1) is 30.0 Å². The third-order valence-corrected chi connectivity index (χ3v) is 4.96. The van der Waals surface area contributed by atoms with Crippen molar-refractivity contribution in [2.75, 3.05) is 7.11 Å². The van der Waals surface area contributed by atoms with Crippen LogP contribution in [0.2, 0.25) is 0 Å². The van der Waals surface area contributed by atoms with E-state index in [9.17, 15) is 14.9 Å². The Balaban J connectivity index is 1.73. The molecule has 1 heterocycles. The standard InChI is InChI=1S/C23H24N4O4/c1-16-13-19(15-24-25-23(28)12-9-18-7-5-4-6-8-18)17(2)26(16)21-11-10-20(27(29)30)14-22(21)31-3/h4-8,10-11,13-15H,9,12H2,1-3H3,(H,25,28)/b24-15-. The lowest BCUT2D eigenvalue weighted by Gasteiger charge is -2.13. The van der Waals surface area contributed by atoms with Gasteiger partial charge in [0.1, 0.15) is 5.75 Å². The van der Waals surface area contributed by atoms with Gasteiger partial charge in [-0.25, -0.2) is 5.43 Å². The molecular formula is C23H24N4O4. The van der Waals surface area contributed by atoms with Crippen LogP contribution >= 0.6 is 0 Å². The number of benzene rings is 2. The lowest BCUT2D eigenvalue weighted by Crippen LogP contribution is -2.17. The molecule has 31 heavy (non-hydrogen) atoms. The number of amides is 1. The van der Waals surface area contributed by atoms with Crippen LogP contribution in [0.3, 0.4) is 0 Å². The average Bonchev–Trinajstić information content (AvgIpc) is 3.05. The van der Waals surface area contributed by atoms with Crippen molar-refractivity contribution in [2.24, 2.45) is 5.10 Å². The molecule has 0 atom stereocenters. The number of ether oxygens (including phenoxy) is 1. The summed E-state index contributed by atoms with van der Waals surface area (Å²) in [5, 5.41) is 15.1. The van der Waals surface area contributed by atoms with Gasteiger partial charge in [-0.2, -0.15) is 5.10 Å². The van der Waals surface area contributed by atoms with Gasteiger partial charge in [0, 0.05) is 29.4 Å². The van der Waals surface area contributed by atoms with Crippen LogP contribution in [0, 0.1) is 24.0 Å². The SMILES string of the molecule is COc1cc([N+](=O)[O-])ccc1-n1c(C)cc(/C=N\NC(=O)CCc2ccccc2)c1C. The molecule has 8 nitrogen and oxygen atoms in total. The number of carbonyl (C=O) groups excluding carboxylic acids is 1. The van der Waals surface area contributed by atoms with Gasteiger partial charge in [-0.1, -0.05) is 30.3 Å². The zero-order chi connectivity index (χ0) is 22.4. The molecule has 1 N–H and O–H groups in total. The van der Waals surface area contributed by atoms with E-state index in [0.717, 1.165) is 22.5 Å². The van der Waals surface area contributed by atoms with Crippen LogP contribution in [0.5, 0.6) is 5.75 Å². The summed E-state index contributed by atoms with van der Waals surface area (Å²) in [6.07, 6.45) is 2.59. The van der Waals surface area contributed by atoms with E-state index in [4.69, 9.17) is 4.74 Å². The average molecular weight is 420 g/mol. The molecule has 3 rings (SSSR count). The molecule has 0 spiro atoms. The Morgan fingerprint density at radius 2 is 1.94 bits per heavy atom. The summed E-state index contributed by atoms with van der Waals surface area (Å²) >= 11 is 0. The van der Waals surface area contributed by atoms with Crippen LogP contribution in [-0.2, 0) is 11.2 Å². The molecule has 0 aliphatic heterocycles. The fraction of sp³-hybridized carbons (Fsp3) is 0.217. The summed E-state index contributed by atoms with van der Waals surface area (Å²) in [4.78, 5) is 22.6. The summed E-state index contributed by atoms with van der Waals surface area (Å²) in [7, 11) is 1.48. The predicted octanol–water partition coefficient (Wildman–Crippen LogP) is 4.09. The van der Waals surface area contributed by atoms with Crippen molar-refractivity contribution in [3.05, 3.63) is 87.2 Å². The zero-order valence-corrected chi connectivity index (χ0v) is 17.7. The lowest BCUT2D eigenvalue weighted by atomic mass is 10.1. The van der Waals surface area contributed by atoms with E-state index >= 15 is 0 Å². The van der Waals surface area contributed by atoms with Gasteiger partial charge in [0.25, 0.3) is 5.69 Å².